The second-order valence-electron chi connectivity index (χ2n) is 5.93. The van der Waals surface area contributed by atoms with Gasteiger partial charge in [0.1, 0.15) is 0 Å². The van der Waals surface area contributed by atoms with Gasteiger partial charge in [0.25, 0.3) is 5.91 Å². The summed E-state index contributed by atoms with van der Waals surface area (Å²) in [4.78, 5) is 23.8. The van der Waals surface area contributed by atoms with Crippen molar-refractivity contribution in [1.82, 2.24) is 5.32 Å². The summed E-state index contributed by atoms with van der Waals surface area (Å²) in [5, 5.41) is 13.8. The third-order valence-corrected chi connectivity index (χ3v) is 4.01. The second-order valence-corrected chi connectivity index (χ2v) is 5.93. The van der Waals surface area contributed by atoms with Crippen LogP contribution in [0.5, 0.6) is 0 Å². The SMILES string of the molecule is O=C(NC(COCc1ccccc1)C(=O)O)c1ccc2ccccc2c1. The molecule has 0 spiro atoms. The van der Waals surface area contributed by atoms with E-state index in [0.29, 0.717) is 5.56 Å². The van der Waals surface area contributed by atoms with Gasteiger partial charge in [0, 0.05) is 5.56 Å². The molecule has 0 aliphatic rings. The number of fused-ring (bicyclic) bond motifs is 1. The summed E-state index contributed by atoms with van der Waals surface area (Å²) < 4.78 is 5.45. The predicted molar refractivity (Wildman–Crippen MR) is 98.9 cm³/mol. The van der Waals surface area contributed by atoms with Gasteiger partial charge in [-0.3, -0.25) is 4.79 Å². The highest BCUT2D eigenvalue weighted by molar-refractivity contribution is 6.00. The number of carboxylic acid groups (broad SMARTS) is 1. The first-order valence-corrected chi connectivity index (χ1v) is 8.27. The minimum absolute atomic E-state index is 0.108. The molecule has 1 amide bonds. The summed E-state index contributed by atoms with van der Waals surface area (Å²) in [5.74, 6) is -1.57. The number of carbonyl (C=O) groups excluding carboxylic acids is 1. The number of carboxylic acids is 1. The summed E-state index contributed by atoms with van der Waals surface area (Å²) >= 11 is 0. The predicted octanol–water partition coefficient (Wildman–Crippen LogP) is 3.24. The van der Waals surface area contributed by atoms with Crippen LogP contribution in [0, 0.1) is 0 Å². The van der Waals surface area contributed by atoms with E-state index in [1.807, 2.05) is 60.7 Å². The number of carbonyl (C=O) groups is 2. The number of ether oxygens (including phenoxy) is 1. The van der Waals surface area contributed by atoms with Crippen molar-refractivity contribution in [2.24, 2.45) is 0 Å². The molecular weight excluding hydrogens is 330 g/mol. The number of hydrogen-bond donors (Lipinski definition) is 2. The topological polar surface area (TPSA) is 75.6 Å². The maximum absolute atomic E-state index is 12.4. The van der Waals surface area contributed by atoms with Gasteiger partial charge < -0.3 is 15.2 Å². The number of nitrogens with one attached hydrogen (secondary N) is 1. The van der Waals surface area contributed by atoms with Crippen molar-refractivity contribution in [1.29, 1.82) is 0 Å². The minimum atomic E-state index is -1.13. The third kappa shape index (κ3) is 4.46. The van der Waals surface area contributed by atoms with Crippen LogP contribution >= 0.6 is 0 Å². The van der Waals surface area contributed by atoms with Gasteiger partial charge in [-0.15, -0.1) is 0 Å². The number of hydrogen-bond acceptors (Lipinski definition) is 3. The molecule has 5 heteroatoms. The lowest BCUT2D eigenvalue weighted by Crippen LogP contribution is -2.44. The van der Waals surface area contributed by atoms with E-state index in [9.17, 15) is 14.7 Å². The van der Waals surface area contributed by atoms with Gasteiger partial charge >= 0.3 is 5.97 Å². The maximum Gasteiger partial charge on any atom is 0.328 e. The van der Waals surface area contributed by atoms with Gasteiger partial charge in [-0.25, -0.2) is 4.79 Å². The molecule has 1 unspecified atom stereocenters. The lowest BCUT2D eigenvalue weighted by molar-refractivity contribution is -0.141. The Balaban J connectivity index is 1.62. The van der Waals surface area contributed by atoms with E-state index in [1.165, 1.54) is 0 Å². The quantitative estimate of drug-likeness (QED) is 0.687. The fraction of sp³-hybridized carbons (Fsp3) is 0.143. The third-order valence-electron chi connectivity index (χ3n) is 4.01. The highest BCUT2D eigenvalue weighted by Crippen LogP contribution is 2.15. The van der Waals surface area contributed by atoms with Gasteiger partial charge in [0.2, 0.25) is 0 Å². The fourth-order valence-corrected chi connectivity index (χ4v) is 2.62. The minimum Gasteiger partial charge on any atom is -0.480 e. The van der Waals surface area contributed by atoms with Crippen molar-refractivity contribution >= 4 is 22.6 Å². The first-order chi connectivity index (χ1) is 12.6. The van der Waals surface area contributed by atoms with E-state index in [4.69, 9.17) is 4.74 Å². The number of rotatable bonds is 7. The highest BCUT2D eigenvalue weighted by Gasteiger charge is 2.21. The molecule has 3 aromatic rings. The zero-order valence-electron chi connectivity index (χ0n) is 14.1. The van der Waals surface area contributed by atoms with Crippen molar-refractivity contribution in [3.63, 3.8) is 0 Å². The summed E-state index contributed by atoms with van der Waals surface area (Å²) in [7, 11) is 0. The smallest absolute Gasteiger partial charge is 0.328 e. The summed E-state index contributed by atoms with van der Waals surface area (Å²) in [6, 6.07) is 21.3. The Labute approximate surface area is 151 Å². The molecule has 3 aromatic carbocycles. The molecule has 0 aromatic heterocycles. The zero-order valence-corrected chi connectivity index (χ0v) is 14.1. The zero-order chi connectivity index (χ0) is 18.4. The van der Waals surface area contributed by atoms with Crippen molar-refractivity contribution < 1.29 is 19.4 Å². The molecule has 0 saturated heterocycles. The van der Waals surface area contributed by atoms with Crippen molar-refractivity contribution in [2.75, 3.05) is 6.61 Å². The largest absolute Gasteiger partial charge is 0.480 e. The van der Waals surface area contributed by atoms with E-state index < -0.39 is 17.9 Å². The number of amides is 1. The second kappa shape index (κ2) is 8.27. The molecule has 0 fully saturated rings. The lowest BCUT2D eigenvalue weighted by atomic mass is 10.1. The molecule has 0 aliphatic carbocycles. The monoisotopic (exact) mass is 349 g/mol. The molecular formula is C21H19NO4. The van der Waals surface area contributed by atoms with Crippen LogP contribution in [-0.4, -0.2) is 29.6 Å². The summed E-state index contributed by atoms with van der Waals surface area (Å²) in [6.45, 7) is 0.181. The first kappa shape index (κ1) is 17.6. The molecule has 2 N–H and O–H groups in total. The van der Waals surface area contributed by atoms with Crippen LogP contribution in [0.4, 0.5) is 0 Å². The molecule has 5 nitrogen and oxygen atoms in total. The van der Waals surface area contributed by atoms with Crippen LogP contribution in [0.25, 0.3) is 10.8 Å². The summed E-state index contributed by atoms with van der Waals surface area (Å²) in [5.41, 5.74) is 1.36. The van der Waals surface area contributed by atoms with Gasteiger partial charge in [-0.2, -0.15) is 0 Å². The van der Waals surface area contributed by atoms with Gasteiger partial charge in [-0.05, 0) is 28.5 Å². The van der Waals surface area contributed by atoms with Gasteiger partial charge in [0.15, 0.2) is 6.04 Å². The molecule has 0 bridgehead atoms. The van der Waals surface area contributed by atoms with Crippen molar-refractivity contribution in [3.05, 3.63) is 83.9 Å². The Kier molecular flexibility index (Phi) is 5.61. The lowest BCUT2D eigenvalue weighted by Gasteiger charge is -2.15. The van der Waals surface area contributed by atoms with Crippen LogP contribution in [-0.2, 0) is 16.1 Å². The Hall–Kier alpha value is -3.18. The molecule has 3 rings (SSSR count). The normalized spacial score (nSPS) is 11.8. The van der Waals surface area contributed by atoms with Crippen LogP contribution < -0.4 is 5.32 Å². The fourth-order valence-electron chi connectivity index (χ4n) is 2.62. The van der Waals surface area contributed by atoms with Crippen LogP contribution in [0.1, 0.15) is 15.9 Å². The molecule has 1 atom stereocenters. The number of aliphatic carboxylic acids is 1. The molecule has 132 valence electrons. The van der Waals surface area contributed by atoms with Crippen LogP contribution in [0.2, 0.25) is 0 Å². The van der Waals surface area contributed by atoms with Crippen molar-refractivity contribution in [3.8, 4) is 0 Å². The molecule has 26 heavy (non-hydrogen) atoms. The average molecular weight is 349 g/mol. The Morgan fingerprint density at radius 1 is 0.923 bits per heavy atom. The first-order valence-electron chi connectivity index (χ1n) is 8.27. The van der Waals surface area contributed by atoms with Crippen molar-refractivity contribution in [2.45, 2.75) is 12.6 Å². The summed E-state index contributed by atoms with van der Waals surface area (Å²) in [6.07, 6.45) is 0. The van der Waals surface area contributed by atoms with Crippen LogP contribution in [0.15, 0.2) is 72.8 Å². The van der Waals surface area contributed by atoms with E-state index in [-0.39, 0.29) is 13.2 Å². The van der Waals surface area contributed by atoms with Gasteiger partial charge in [-0.1, -0.05) is 60.7 Å². The van der Waals surface area contributed by atoms with Gasteiger partial charge in [0.05, 0.1) is 13.2 Å². The Bertz CT molecular complexity index is 908. The molecule has 0 heterocycles. The van der Waals surface area contributed by atoms with Crippen LogP contribution in [0.3, 0.4) is 0 Å². The number of benzene rings is 3. The maximum atomic E-state index is 12.4. The highest BCUT2D eigenvalue weighted by atomic mass is 16.5. The van der Waals surface area contributed by atoms with E-state index in [2.05, 4.69) is 5.32 Å². The van der Waals surface area contributed by atoms with E-state index in [0.717, 1.165) is 16.3 Å². The average Bonchev–Trinajstić information content (AvgIpc) is 2.67. The Morgan fingerprint density at radius 2 is 1.62 bits per heavy atom. The molecule has 0 saturated carbocycles. The molecule has 0 aliphatic heterocycles. The van der Waals surface area contributed by atoms with E-state index in [1.54, 1.807) is 12.1 Å². The Morgan fingerprint density at radius 3 is 2.35 bits per heavy atom. The van der Waals surface area contributed by atoms with E-state index >= 15 is 0 Å². The molecule has 0 radical (unpaired) electrons. The standard InChI is InChI=1S/C21H19NO4/c23-20(18-11-10-16-8-4-5-9-17(16)12-18)22-19(21(24)25)14-26-13-15-6-2-1-3-7-15/h1-12,19H,13-14H2,(H,22,23)(H,24,25).